The number of nitrogens with zero attached hydrogens (tertiary/aromatic N) is 5. The summed E-state index contributed by atoms with van der Waals surface area (Å²) in [4.78, 5) is 38.5. The zero-order valence-electron chi connectivity index (χ0n) is 17.2. The number of carbonyl (C=O) groups is 1. The minimum Gasteiger partial charge on any atom is -0.303 e. The van der Waals surface area contributed by atoms with Crippen molar-refractivity contribution in [3.05, 3.63) is 60.9 Å². The summed E-state index contributed by atoms with van der Waals surface area (Å²) in [6.07, 6.45) is 7.07. The van der Waals surface area contributed by atoms with Crippen molar-refractivity contribution in [2.75, 3.05) is 5.32 Å². The Kier molecular flexibility index (Phi) is 7.80. The Bertz CT molecular complexity index is 1240. The van der Waals surface area contributed by atoms with Gasteiger partial charge >= 0.3 is 144 Å². The van der Waals surface area contributed by atoms with Crippen molar-refractivity contribution >= 4 is 47.3 Å². The molecule has 0 aliphatic carbocycles. The van der Waals surface area contributed by atoms with Gasteiger partial charge in [0.2, 0.25) is 0 Å². The van der Waals surface area contributed by atoms with Crippen LogP contribution in [-0.2, 0) is 15.4 Å². The molecule has 0 aliphatic heterocycles. The first kappa shape index (κ1) is 24.1. The van der Waals surface area contributed by atoms with Crippen LogP contribution in [0.4, 0.5) is 5.69 Å². The predicted octanol–water partition coefficient (Wildman–Crippen LogP) is 1.39. The SMILES string of the molecule is Cn1cc(NC(=O)c2ccc(-c3cnn([CH2][Na])c3)o2)c(-c2ccccn2)n1.O=P(O)(O)O. The number of hydrogen-bond donors (Lipinski definition) is 4. The van der Waals surface area contributed by atoms with E-state index in [0.717, 1.165) is 37.3 Å². The maximum absolute atomic E-state index is 12.6. The molecule has 0 unspecified atom stereocenters. The van der Waals surface area contributed by atoms with Crippen LogP contribution in [0, 0.1) is 0 Å². The van der Waals surface area contributed by atoms with Crippen LogP contribution in [0.2, 0.25) is 0 Å². The first-order valence-corrected chi connectivity index (χ1v) is 12.3. The third-order valence-electron chi connectivity index (χ3n) is 4.06. The van der Waals surface area contributed by atoms with Crippen molar-refractivity contribution in [3.63, 3.8) is 0 Å². The fourth-order valence-corrected chi connectivity index (χ4v) is 3.08. The number of amides is 1. The van der Waals surface area contributed by atoms with Gasteiger partial charge in [-0.3, -0.25) is 4.98 Å². The molecule has 1 amide bonds. The normalized spacial score (nSPS) is 11.1. The minimum absolute atomic E-state index is 0.222. The number of pyridine rings is 1. The van der Waals surface area contributed by atoms with Gasteiger partial charge in [0.1, 0.15) is 0 Å². The molecule has 0 radical (unpaired) electrons. The number of furan rings is 1. The van der Waals surface area contributed by atoms with Crippen molar-refractivity contribution in [2.24, 2.45) is 7.05 Å². The van der Waals surface area contributed by atoms with Gasteiger partial charge in [0, 0.05) is 13.2 Å². The van der Waals surface area contributed by atoms with E-state index in [2.05, 4.69) is 20.5 Å². The Balaban J connectivity index is 0.000000523. The first-order valence-electron chi connectivity index (χ1n) is 9.31. The van der Waals surface area contributed by atoms with E-state index in [0.29, 0.717) is 22.8 Å². The zero-order valence-corrected chi connectivity index (χ0v) is 20.0. The summed E-state index contributed by atoms with van der Waals surface area (Å²) in [6.45, 7) is 0. The molecule has 0 aromatic carbocycles. The van der Waals surface area contributed by atoms with Crippen LogP contribution >= 0.6 is 7.82 Å². The second-order valence-corrected chi connectivity index (χ2v) is 8.16. The smallest absolute Gasteiger partial charge is 0.303 e. The average Bonchev–Trinajstić information content (AvgIpc) is 3.46. The molecule has 4 N–H and O–H groups in total. The molecule has 14 heteroatoms. The molecular formula is C18H18N6NaO6P. The molecule has 12 nitrogen and oxygen atoms in total. The molecule has 0 fully saturated rings. The van der Waals surface area contributed by atoms with E-state index >= 15 is 0 Å². The van der Waals surface area contributed by atoms with E-state index in [-0.39, 0.29) is 11.7 Å². The maximum atomic E-state index is 12.6. The van der Waals surface area contributed by atoms with Crippen LogP contribution in [0.3, 0.4) is 0 Å². The summed E-state index contributed by atoms with van der Waals surface area (Å²) >= 11 is 1.02. The third-order valence-corrected chi connectivity index (χ3v) is 4.70. The Morgan fingerprint density at radius 3 is 2.59 bits per heavy atom. The van der Waals surface area contributed by atoms with Gasteiger partial charge in [-0.05, 0) is 12.1 Å². The number of aromatic nitrogens is 5. The zero-order chi connectivity index (χ0) is 23.3. The quantitative estimate of drug-likeness (QED) is 0.250. The molecule has 0 saturated carbocycles. The Morgan fingerprint density at radius 1 is 1.22 bits per heavy atom. The van der Waals surface area contributed by atoms with Crippen molar-refractivity contribution in [1.82, 2.24) is 24.5 Å². The molecule has 0 saturated heterocycles. The van der Waals surface area contributed by atoms with Gasteiger partial charge in [-0.25, -0.2) is 4.57 Å². The number of aryl methyl sites for hydroxylation is 1. The molecule has 0 aliphatic rings. The molecule has 0 spiro atoms. The van der Waals surface area contributed by atoms with Gasteiger partial charge < -0.3 is 14.7 Å². The van der Waals surface area contributed by atoms with Crippen LogP contribution in [0.25, 0.3) is 22.7 Å². The van der Waals surface area contributed by atoms with E-state index in [4.69, 9.17) is 23.7 Å². The van der Waals surface area contributed by atoms with Crippen molar-refractivity contribution < 1.29 is 28.5 Å². The summed E-state index contributed by atoms with van der Waals surface area (Å²) in [5.74, 6) is 0.485. The third kappa shape index (κ3) is 6.71. The van der Waals surface area contributed by atoms with Crippen molar-refractivity contribution in [2.45, 2.75) is 3.79 Å². The summed E-state index contributed by atoms with van der Waals surface area (Å²) in [5, 5.41) is 11.5. The fraction of sp³-hybridized carbons (Fsp3) is 0.111. The van der Waals surface area contributed by atoms with Crippen LogP contribution in [0.15, 0.2) is 59.5 Å². The molecule has 0 atom stereocenters. The number of nitrogens with one attached hydrogen (secondary N) is 1. The number of carbonyl (C=O) groups excluding carboxylic acids is 1. The van der Waals surface area contributed by atoms with Crippen molar-refractivity contribution in [3.8, 4) is 22.7 Å². The Morgan fingerprint density at radius 2 is 1.97 bits per heavy atom. The molecule has 4 aromatic heterocycles. The molecular weight excluding hydrogens is 450 g/mol. The molecule has 4 aromatic rings. The molecule has 32 heavy (non-hydrogen) atoms. The van der Waals surface area contributed by atoms with Crippen LogP contribution < -0.4 is 5.32 Å². The van der Waals surface area contributed by atoms with Gasteiger partial charge in [0.15, 0.2) is 0 Å². The fourth-order valence-electron chi connectivity index (χ4n) is 2.73. The summed E-state index contributed by atoms with van der Waals surface area (Å²) in [7, 11) is -2.85. The second-order valence-electron chi connectivity index (χ2n) is 6.50. The number of hydrogen-bond acceptors (Lipinski definition) is 6. The van der Waals surface area contributed by atoms with Crippen LogP contribution in [-0.4, -0.2) is 73.1 Å². The Labute approximate surface area is 199 Å². The Hall–Kier alpha value is -2.57. The van der Waals surface area contributed by atoms with E-state index in [9.17, 15) is 4.79 Å². The summed E-state index contributed by atoms with van der Waals surface area (Å²) in [5.41, 5.74) is 2.71. The first-order chi connectivity index (χ1) is 15.1. The van der Waals surface area contributed by atoms with E-state index in [1.807, 2.05) is 29.1 Å². The predicted molar refractivity (Wildman–Crippen MR) is 114 cm³/mol. The van der Waals surface area contributed by atoms with Crippen LogP contribution in [0.5, 0.6) is 0 Å². The number of anilines is 1. The number of phosphoric acid groups is 1. The van der Waals surface area contributed by atoms with E-state index in [1.165, 1.54) is 0 Å². The van der Waals surface area contributed by atoms with Gasteiger partial charge in [-0.2, -0.15) is 0 Å². The van der Waals surface area contributed by atoms with Gasteiger partial charge in [-0.15, -0.1) is 0 Å². The van der Waals surface area contributed by atoms with Gasteiger partial charge in [-0.1, -0.05) is 6.07 Å². The minimum atomic E-state index is -4.64. The van der Waals surface area contributed by atoms with Crippen LogP contribution in [0.1, 0.15) is 10.6 Å². The molecule has 0 bridgehead atoms. The van der Waals surface area contributed by atoms with E-state index < -0.39 is 7.82 Å². The van der Waals surface area contributed by atoms with Gasteiger partial charge in [0.25, 0.3) is 0 Å². The average molecular weight is 468 g/mol. The monoisotopic (exact) mass is 468 g/mol. The van der Waals surface area contributed by atoms with Gasteiger partial charge in [0.05, 0.1) is 0 Å². The topological polar surface area (TPSA) is 169 Å². The summed E-state index contributed by atoms with van der Waals surface area (Å²) in [6, 6.07) is 8.97. The molecule has 4 heterocycles. The summed E-state index contributed by atoms with van der Waals surface area (Å²) < 4.78 is 19.0. The van der Waals surface area contributed by atoms with Crippen molar-refractivity contribution in [1.29, 1.82) is 0 Å². The molecule has 4 rings (SSSR count). The van der Waals surface area contributed by atoms with E-state index in [1.54, 1.807) is 42.5 Å². The number of rotatable bonds is 5. The second kappa shape index (κ2) is 10.4. The molecule has 162 valence electrons. The standard InChI is InChI=1S/C18H15N6O2.Na.H3O4P/c1-23-10-12(9-20-23)15-6-7-16(26-15)18(25)21-14-11-24(2)22-17(14)13-5-3-4-8-19-13;;1-5(2,3)4/h3-11H,1H2,2H3,(H,21,25);;(H3,1,2,3,4).